The Hall–Kier alpha value is -2.36. The summed E-state index contributed by atoms with van der Waals surface area (Å²) in [5.74, 6) is 3.21. The Morgan fingerprint density at radius 2 is 1.76 bits per heavy atom. The Morgan fingerprint density at radius 1 is 1.17 bits per heavy atom. The summed E-state index contributed by atoms with van der Waals surface area (Å²) < 4.78 is 70.6. The molecule has 1 aromatic carbocycles. The molecule has 3 atom stereocenters. The summed E-state index contributed by atoms with van der Waals surface area (Å²) in [6, 6.07) is 2.91. The van der Waals surface area contributed by atoms with Crippen molar-refractivity contribution < 1.29 is 41.7 Å². The summed E-state index contributed by atoms with van der Waals surface area (Å²) in [6.07, 6.45) is -5.60. The molecule has 1 aromatic rings. The van der Waals surface area contributed by atoms with E-state index in [4.69, 9.17) is 9.47 Å². The van der Waals surface area contributed by atoms with E-state index in [0.29, 0.717) is 17.3 Å². The molecular formula is C29H39BrF4N2O5. The summed E-state index contributed by atoms with van der Waals surface area (Å²) in [4.78, 5) is 26.2. The number of ether oxygens (including phenoxy) is 2. The molecule has 41 heavy (non-hydrogen) atoms. The molecule has 2 N–H and O–H groups in total. The van der Waals surface area contributed by atoms with E-state index in [-0.39, 0.29) is 24.6 Å². The molecule has 230 valence electrons. The smallest absolute Gasteiger partial charge is 0.422 e. The van der Waals surface area contributed by atoms with Gasteiger partial charge in [0.15, 0.2) is 0 Å². The molecular weight excluding hydrogens is 612 g/mol. The molecule has 1 aliphatic rings. The number of hydrogen-bond acceptors (Lipinski definition) is 5. The number of carbonyl (C=O) groups excluding carboxylic acids is 1. The highest BCUT2D eigenvalue weighted by Gasteiger charge is 2.57. The number of alkyl halides is 4. The van der Waals surface area contributed by atoms with Gasteiger partial charge in [0.1, 0.15) is 23.0 Å². The second-order valence-corrected chi connectivity index (χ2v) is 13.1. The zero-order valence-corrected chi connectivity index (χ0v) is 26.0. The maximum atomic E-state index is 14.8. The first-order valence-electron chi connectivity index (χ1n) is 13.3. The van der Waals surface area contributed by atoms with Gasteiger partial charge in [0.25, 0.3) is 0 Å². The minimum absolute atomic E-state index is 0.0153. The first-order valence-corrected chi connectivity index (χ1v) is 14.1. The van der Waals surface area contributed by atoms with Gasteiger partial charge in [-0.3, -0.25) is 15.0 Å². The molecule has 0 aliphatic carbocycles. The Balaban J connectivity index is 2.35. The summed E-state index contributed by atoms with van der Waals surface area (Å²) in [5, 5.41) is 11.8. The van der Waals surface area contributed by atoms with Crippen LogP contribution in [0.4, 0.5) is 22.4 Å². The number of halogens is 5. The van der Waals surface area contributed by atoms with E-state index in [0.717, 1.165) is 13.8 Å². The van der Waals surface area contributed by atoms with Crippen LogP contribution in [0.2, 0.25) is 0 Å². The number of carboxylic acids is 1. The maximum Gasteiger partial charge on any atom is 0.422 e. The van der Waals surface area contributed by atoms with Gasteiger partial charge in [0, 0.05) is 17.3 Å². The van der Waals surface area contributed by atoms with Crippen molar-refractivity contribution in [3.63, 3.8) is 0 Å². The van der Waals surface area contributed by atoms with E-state index in [2.05, 4.69) is 33.1 Å². The van der Waals surface area contributed by atoms with Gasteiger partial charge < -0.3 is 14.6 Å². The number of carboxylic acid groups (broad SMARTS) is 1. The lowest BCUT2D eigenvalue weighted by Crippen LogP contribution is -2.59. The minimum atomic E-state index is -5.06. The number of carbonyl (C=O) groups is 2. The van der Waals surface area contributed by atoms with Crippen molar-refractivity contribution in [1.29, 1.82) is 0 Å². The number of rotatable bonds is 9. The first kappa shape index (κ1) is 34.8. The second kappa shape index (κ2) is 12.9. The summed E-state index contributed by atoms with van der Waals surface area (Å²) >= 11 is 3.19. The van der Waals surface area contributed by atoms with E-state index >= 15 is 0 Å². The normalized spacial score (nSPS) is 19.6. The molecule has 1 heterocycles. The van der Waals surface area contributed by atoms with Gasteiger partial charge in [-0.05, 0) is 79.0 Å². The zero-order chi connectivity index (χ0) is 31.4. The van der Waals surface area contributed by atoms with Gasteiger partial charge in [0.2, 0.25) is 5.54 Å². The highest BCUT2D eigenvalue weighted by atomic mass is 79.9. The van der Waals surface area contributed by atoms with Crippen LogP contribution in [-0.2, 0) is 19.8 Å². The van der Waals surface area contributed by atoms with Gasteiger partial charge in [-0.2, -0.15) is 13.2 Å². The Bertz CT molecular complexity index is 1130. The third-order valence-corrected chi connectivity index (χ3v) is 6.89. The molecule has 2 unspecified atom stereocenters. The lowest BCUT2D eigenvalue weighted by atomic mass is 9.87. The Morgan fingerprint density at radius 3 is 2.24 bits per heavy atom. The number of amides is 1. The van der Waals surface area contributed by atoms with Crippen molar-refractivity contribution >= 4 is 28.0 Å². The highest BCUT2D eigenvalue weighted by Crippen LogP contribution is 2.40. The monoisotopic (exact) mass is 650 g/mol. The number of hydrogen-bond donors (Lipinski definition) is 2. The van der Waals surface area contributed by atoms with Crippen LogP contribution >= 0.6 is 15.9 Å². The zero-order valence-electron chi connectivity index (χ0n) is 24.4. The molecule has 2 rings (SSSR count). The predicted molar refractivity (Wildman–Crippen MR) is 150 cm³/mol. The lowest BCUT2D eigenvalue weighted by Gasteiger charge is -2.36. The fourth-order valence-corrected chi connectivity index (χ4v) is 4.82. The van der Waals surface area contributed by atoms with Crippen LogP contribution in [0, 0.1) is 11.8 Å². The minimum Gasteiger partial charge on any atom is -0.480 e. The van der Waals surface area contributed by atoms with Crippen molar-refractivity contribution in [3.05, 3.63) is 34.3 Å². The maximum absolute atomic E-state index is 14.8. The second-order valence-electron chi connectivity index (χ2n) is 12.2. The molecule has 0 spiro atoms. The van der Waals surface area contributed by atoms with Crippen molar-refractivity contribution in [2.75, 3.05) is 6.61 Å². The van der Waals surface area contributed by atoms with E-state index < -0.39 is 53.2 Å². The molecule has 12 heteroatoms. The van der Waals surface area contributed by atoms with Crippen LogP contribution in [0.1, 0.15) is 79.7 Å². The number of benzene rings is 1. The van der Waals surface area contributed by atoms with Gasteiger partial charge >= 0.3 is 18.2 Å². The SMILES string of the molecule is CC(C)(F)C[C@H](NC(C#CCCCC1COC(C)(C)N1C(=O)OC(C)(C)C)(c1ccc(Br)cc1)C(F)(F)F)C(=O)O. The number of aliphatic carboxylic acids is 1. The van der Waals surface area contributed by atoms with Gasteiger partial charge in [0.05, 0.1) is 12.6 Å². The first-order chi connectivity index (χ1) is 18.6. The third kappa shape index (κ3) is 9.58. The highest BCUT2D eigenvalue weighted by molar-refractivity contribution is 9.10. The van der Waals surface area contributed by atoms with Crippen LogP contribution in [-0.4, -0.2) is 63.9 Å². The number of nitrogens with one attached hydrogen (secondary N) is 1. The fraction of sp³-hybridized carbons (Fsp3) is 0.655. The van der Waals surface area contributed by atoms with Crippen LogP contribution in [0.15, 0.2) is 28.7 Å². The molecule has 1 saturated heterocycles. The largest absolute Gasteiger partial charge is 0.480 e. The molecule has 1 aliphatic heterocycles. The third-order valence-electron chi connectivity index (χ3n) is 6.36. The average Bonchev–Trinajstić information content (AvgIpc) is 3.09. The van der Waals surface area contributed by atoms with Crippen molar-refractivity contribution in [2.45, 2.75) is 115 Å². The van der Waals surface area contributed by atoms with E-state index in [1.54, 1.807) is 34.6 Å². The van der Waals surface area contributed by atoms with Crippen molar-refractivity contribution in [1.82, 2.24) is 10.2 Å². The van der Waals surface area contributed by atoms with Crippen LogP contribution in [0.5, 0.6) is 0 Å². The van der Waals surface area contributed by atoms with Gasteiger partial charge in [-0.15, -0.1) is 5.92 Å². The lowest BCUT2D eigenvalue weighted by molar-refractivity contribution is -0.186. The van der Waals surface area contributed by atoms with Crippen molar-refractivity contribution in [3.8, 4) is 11.8 Å². The van der Waals surface area contributed by atoms with E-state index in [1.165, 1.54) is 29.2 Å². The van der Waals surface area contributed by atoms with Crippen molar-refractivity contribution in [2.24, 2.45) is 0 Å². The van der Waals surface area contributed by atoms with E-state index in [1.807, 2.05) is 0 Å². The molecule has 0 radical (unpaired) electrons. The Kier molecular flexibility index (Phi) is 10.9. The van der Waals surface area contributed by atoms with Crippen LogP contribution < -0.4 is 5.32 Å². The fourth-order valence-electron chi connectivity index (χ4n) is 4.55. The Labute approximate surface area is 247 Å². The molecule has 0 saturated carbocycles. The quantitative estimate of drug-likeness (QED) is 0.171. The van der Waals surface area contributed by atoms with Crippen LogP contribution in [0.25, 0.3) is 0 Å². The average molecular weight is 652 g/mol. The van der Waals surface area contributed by atoms with Crippen LogP contribution in [0.3, 0.4) is 0 Å². The molecule has 1 fully saturated rings. The number of unbranched alkanes of at least 4 members (excludes halogenated alkanes) is 1. The molecule has 1 amide bonds. The van der Waals surface area contributed by atoms with Gasteiger partial charge in [-0.25, -0.2) is 9.18 Å². The predicted octanol–water partition coefficient (Wildman–Crippen LogP) is 6.93. The standard InChI is InChI=1S/C29H39BrF4N2O5/c1-25(2,3)41-24(39)36-21(18-40-27(36,6)7)11-9-8-10-16-28(29(32,33)34,19-12-14-20(30)15-13-19)35-22(23(37)38)17-26(4,5)31/h12-15,21-22,35H,8-9,11,17-18H2,1-7H3,(H,37,38)/t21?,22-,28?/m0/s1. The summed E-state index contributed by atoms with van der Waals surface area (Å²) in [7, 11) is 0. The van der Waals surface area contributed by atoms with Gasteiger partial charge in [-0.1, -0.05) is 34.0 Å². The van der Waals surface area contributed by atoms with E-state index in [9.17, 15) is 32.3 Å². The summed E-state index contributed by atoms with van der Waals surface area (Å²) in [6.45, 7) is 11.1. The number of nitrogens with zero attached hydrogens (tertiary/aromatic N) is 1. The topological polar surface area (TPSA) is 88.1 Å². The molecule has 0 aromatic heterocycles. The molecule has 7 nitrogen and oxygen atoms in total. The molecule has 0 bridgehead atoms. The summed E-state index contributed by atoms with van der Waals surface area (Å²) in [5.41, 5.74) is -7.12.